The molecular weight excluding hydrogens is 176 g/mol. The Balaban J connectivity index is 2.71. The molecule has 1 heterocycles. The fourth-order valence-electron chi connectivity index (χ4n) is 1.91. The average molecular weight is 196 g/mol. The van der Waals surface area contributed by atoms with Crippen molar-refractivity contribution in [2.75, 3.05) is 0 Å². The summed E-state index contributed by atoms with van der Waals surface area (Å²) in [5, 5.41) is 9.10. The first kappa shape index (κ1) is 11.6. The molecular formula is C12H20O2. The number of hydrogen-bond acceptors (Lipinski definition) is 2. The summed E-state index contributed by atoms with van der Waals surface area (Å²) in [5.41, 5.74) is -0.459. The van der Waals surface area contributed by atoms with Gasteiger partial charge >= 0.3 is 0 Å². The highest BCUT2D eigenvalue weighted by molar-refractivity contribution is 5.16. The van der Waals surface area contributed by atoms with Crippen molar-refractivity contribution >= 4 is 0 Å². The minimum Gasteiger partial charge on any atom is -0.381 e. The van der Waals surface area contributed by atoms with Crippen molar-refractivity contribution in [1.82, 2.24) is 0 Å². The molecule has 1 aliphatic rings. The molecule has 1 aliphatic heterocycles. The standard InChI is InChI=1S/C12H20O2/c1-10(13)6-9-12(4)8-5-7-11(2,3)14-12/h10,13H,5,7-8H2,1-4H3/t10-,12+/m1/s1. The molecule has 80 valence electrons. The molecule has 2 atom stereocenters. The molecule has 0 bridgehead atoms. The Labute approximate surface area is 86.7 Å². The van der Waals surface area contributed by atoms with E-state index in [1.807, 2.05) is 6.92 Å². The van der Waals surface area contributed by atoms with E-state index in [4.69, 9.17) is 9.84 Å². The minimum atomic E-state index is -0.569. The second kappa shape index (κ2) is 3.92. The summed E-state index contributed by atoms with van der Waals surface area (Å²) in [6.07, 6.45) is 2.60. The van der Waals surface area contributed by atoms with Gasteiger partial charge in [0, 0.05) is 0 Å². The Morgan fingerprint density at radius 2 is 1.93 bits per heavy atom. The average Bonchev–Trinajstić information content (AvgIpc) is 1.98. The summed E-state index contributed by atoms with van der Waals surface area (Å²) in [6, 6.07) is 0. The third-order valence-electron chi connectivity index (χ3n) is 2.48. The molecule has 1 rings (SSSR count). The molecule has 1 fully saturated rings. The zero-order valence-electron chi connectivity index (χ0n) is 9.55. The fraction of sp³-hybridized carbons (Fsp3) is 0.833. The number of hydrogen-bond donors (Lipinski definition) is 1. The summed E-state index contributed by atoms with van der Waals surface area (Å²) in [5.74, 6) is 5.80. The van der Waals surface area contributed by atoms with Gasteiger partial charge in [-0.15, -0.1) is 0 Å². The quantitative estimate of drug-likeness (QED) is 0.601. The molecule has 0 amide bonds. The first-order valence-electron chi connectivity index (χ1n) is 5.24. The molecule has 1 saturated heterocycles. The second-order valence-electron chi connectivity index (χ2n) is 4.89. The molecule has 0 saturated carbocycles. The van der Waals surface area contributed by atoms with Gasteiger partial charge in [-0.05, 0) is 47.0 Å². The lowest BCUT2D eigenvalue weighted by molar-refractivity contribution is -0.135. The van der Waals surface area contributed by atoms with Gasteiger partial charge in [-0.1, -0.05) is 11.8 Å². The normalized spacial score (nSPS) is 32.9. The van der Waals surface area contributed by atoms with Crippen molar-refractivity contribution in [3.05, 3.63) is 0 Å². The van der Waals surface area contributed by atoms with Crippen LogP contribution >= 0.6 is 0 Å². The summed E-state index contributed by atoms with van der Waals surface area (Å²) in [7, 11) is 0. The van der Waals surface area contributed by atoms with Crippen molar-refractivity contribution in [3.63, 3.8) is 0 Å². The van der Waals surface area contributed by atoms with Gasteiger partial charge in [0.25, 0.3) is 0 Å². The largest absolute Gasteiger partial charge is 0.381 e. The topological polar surface area (TPSA) is 29.5 Å². The van der Waals surface area contributed by atoms with Crippen molar-refractivity contribution < 1.29 is 9.84 Å². The van der Waals surface area contributed by atoms with Gasteiger partial charge in [-0.2, -0.15) is 0 Å². The van der Waals surface area contributed by atoms with Gasteiger partial charge < -0.3 is 9.84 Å². The predicted octanol–water partition coefficient (Wildman–Crippen LogP) is 2.11. The highest BCUT2D eigenvalue weighted by Gasteiger charge is 2.35. The Morgan fingerprint density at radius 1 is 1.29 bits per heavy atom. The molecule has 0 aromatic heterocycles. The maximum atomic E-state index is 9.10. The monoisotopic (exact) mass is 196 g/mol. The number of aliphatic hydroxyl groups is 1. The van der Waals surface area contributed by atoms with Gasteiger partial charge in [0.1, 0.15) is 11.7 Å². The molecule has 14 heavy (non-hydrogen) atoms. The van der Waals surface area contributed by atoms with Crippen LogP contribution in [0.25, 0.3) is 0 Å². The molecule has 0 unspecified atom stereocenters. The third kappa shape index (κ3) is 3.32. The van der Waals surface area contributed by atoms with Crippen LogP contribution < -0.4 is 0 Å². The molecule has 0 radical (unpaired) electrons. The Bertz CT molecular complexity index is 257. The van der Waals surface area contributed by atoms with Crippen molar-refractivity contribution in [2.24, 2.45) is 0 Å². The summed E-state index contributed by atoms with van der Waals surface area (Å²) in [6.45, 7) is 7.86. The van der Waals surface area contributed by atoms with E-state index in [1.54, 1.807) is 6.92 Å². The van der Waals surface area contributed by atoms with Crippen LogP contribution in [0.2, 0.25) is 0 Å². The molecule has 0 aliphatic carbocycles. The molecule has 0 aromatic carbocycles. The van der Waals surface area contributed by atoms with Crippen LogP contribution in [0.4, 0.5) is 0 Å². The first-order valence-corrected chi connectivity index (χ1v) is 5.24. The van der Waals surface area contributed by atoms with Crippen LogP contribution in [-0.2, 0) is 4.74 Å². The number of ether oxygens (including phenoxy) is 1. The van der Waals surface area contributed by atoms with E-state index >= 15 is 0 Å². The van der Waals surface area contributed by atoms with E-state index in [0.29, 0.717) is 0 Å². The SMILES string of the molecule is C[C@@H](O)C#C[C@]1(C)CCCC(C)(C)O1. The zero-order chi connectivity index (χ0) is 10.8. The highest BCUT2D eigenvalue weighted by atomic mass is 16.5. The smallest absolute Gasteiger partial charge is 0.126 e. The Kier molecular flexibility index (Phi) is 3.24. The number of aliphatic hydroxyl groups excluding tert-OH is 1. The Morgan fingerprint density at radius 3 is 2.43 bits per heavy atom. The van der Waals surface area contributed by atoms with Gasteiger partial charge in [0.15, 0.2) is 0 Å². The zero-order valence-corrected chi connectivity index (χ0v) is 9.55. The lowest BCUT2D eigenvalue weighted by Gasteiger charge is -2.40. The third-order valence-corrected chi connectivity index (χ3v) is 2.48. The number of rotatable bonds is 0. The van der Waals surface area contributed by atoms with E-state index < -0.39 is 6.10 Å². The molecule has 0 spiro atoms. The predicted molar refractivity (Wildman–Crippen MR) is 56.9 cm³/mol. The lowest BCUT2D eigenvalue weighted by Crippen LogP contribution is -2.42. The van der Waals surface area contributed by atoms with Gasteiger partial charge in [-0.3, -0.25) is 0 Å². The molecule has 2 heteroatoms. The molecule has 0 aromatic rings. The minimum absolute atomic E-state index is 0.0830. The molecule has 1 N–H and O–H groups in total. The highest BCUT2D eigenvalue weighted by Crippen LogP contribution is 2.34. The van der Waals surface area contributed by atoms with E-state index in [0.717, 1.165) is 19.3 Å². The Hall–Kier alpha value is -0.520. The van der Waals surface area contributed by atoms with E-state index in [9.17, 15) is 0 Å². The summed E-state index contributed by atoms with van der Waals surface area (Å²) >= 11 is 0. The van der Waals surface area contributed by atoms with Crippen LogP contribution in [0.15, 0.2) is 0 Å². The first-order chi connectivity index (χ1) is 6.33. The van der Waals surface area contributed by atoms with E-state index in [1.165, 1.54) is 0 Å². The van der Waals surface area contributed by atoms with Gasteiger partial charge in [0.2, 0.25) is 0 Å². The second-order valence-corrected chi connectivity index (χ2v) is 4.89. The maximum Gasteiger partial charge on any atom is 0.126 e. The van der Waals surface area contributed by atoms with Gasteiger partial charge in [0.05, 0.1) is 5.60 Å². The lowest BCUT2D eigenvalue weighted by atomic mass is 9.88. The fourth-order valence-corrected chi connectivity index (χ4v) is 1.91. The van der Waals surface area contributed by atoms with Gasteiger partial charge in [-0.25, -0.2) is 0 Å². The van der Waals surface area contributed by atoms with E-state index in [-0.39, 0.29) is 11.2 Å². The van der Waals surface area contributed by atoms with Crippen LogP contribution in [0, 0.1) is 11.8 Å². The van der Waals surface area contributed by atoms with E-state index in [2.05, 4.69) is 25.7 Å². The molecule has 2 nitrogen and oxygen atoms in total. The van der Waals surface area contributed by atoms with Crippen molar-refractivity contribution in [3.8, 4) is 11.8 Å². The summed E-state index contributed by atoms with van der Waals surface area (Å²) in [4.78, 5) is 0. The van der Waals surface area contributed by atoms with Crippen LogP contribution in [0.5, 0.6) is 0 Å². The summed E-state index contributed by atoms with van der Waals surface area (Å²) < 4.78 is 5.93. The van der Waals surface area contributed by atoms with Crippen molar-refractivity contribution in [2.45, 2.75) is 64.3 Å². The van der Waals surface area contributed by atoms with Crippen LogP contribution in [-0.4, -0.2) is 22.4 Å². The van der Waals surface area contributed by atoms with Crippen LogP contribution in [0.3, 0.4) is 0 Å². The van der Waals surface area contributed by atoms with Crippen LogP contribution in [0.1, 0.15) is 47.0 Å². The maximum absolute atomic E-state index is 9.10. The van der Waals surface area contributed by atoms with Crippen molar-refractivity contribution in [1.29, 1.82) is 0 Å².